The Bertz CT molecular complexity index is 267. The van der Waals surface area contributed by atoms with Gasteiger partial charge in [-0.2, -0.15) is 0 Å². The molecular weight excluding hydrogens is 210 g/mol. The Labute approximate surface area is 84.0 Å². The van der Waals surface area contributed by atoms with E-state index in [4.69, 9.17) is 5.11 Å². The molecule has 1 rings (SSSR count). The van der Waals surface area contributed by atoms with Crippen molar-refractivity contribution >= 4 is 29.6 Å². The molecule has 0 aromatic heterocycles. The summed E-state index contributed by atoms with van der Waals surface area (Å²) in [5.74, 6) is -1.41. The van der Waals surface area contributed by atoms with Crippen LogP contribution in [0.1, 0.15) is 0 Å². The number of nitrogens with one attached hydrogen (secondary N) is 1. The molecule has 78 valence electrons. The van der Waals surface area contributed by atoms with Crippen LogP contribution in [0.5, 0.6) is 0 Å². The van der Waals surface area contributed by atoms with E-state index in [1.165, 1.54) is 11.8 Å². The first-order valence-corrected chi connectivity index (χ1v) is 5.00. The minimum absolute atomic E-state index is 0.237. The number of esters is 1. The van der Waals surface area contributed by atoms with Gasteiger partial charge in [-0.25, -0.2) is 9.59 Å². The summed E-state index contributed by atoms with van der Waals surface area (Å²) < 4.78 is 4.42. The van der Waals surface area contributed by atoms with Crippen LogP contribution >= 0.6 is 11.8 Å². The Morgan fingerprint density at radius 1 is 1.64 bits per heavy atom. The third-order valence-corrected chi connectivity index (χ3v) is 2.51. The standard InChI is InChI=1S/C7H9NO5S/c9-5-3-14-2-4(8-5)7(12)13-1-6(10)11/h4H,1-3H2,(H,8,9)(H,10,11). The van der Waals surface area contributed by atoms with Gasteiger partial charge in [0.1, 0.15) is 6.04 Å². The van der Waals surface area contributed by atoms with Crippen LogP contribution in [0.15, 0.2) is 0 Å². The van der Waals surface area contributed by atoms with Gasteiger partial charge in [-0.15, -0.1) is 11.8 Å². The molecule has 7 heteroatoms. The van der Waals surface area contributed by atoms with E-state index in [2.05, 4.69) is 10.1 Å². The summed E-state index contributed by atoms with van der Waals surface area (Å²) in [5.41, 5.74) is 0. The van der Waals surface area contributed by atoms with Crippen LogP contribution in [0.25, 0.3) is 0 Å². The number of carbonyl (C=O) groups excluding carboxylic acids is 2. The lowest BCUT2D eigenvalue weighted by Crippen LogP contribution is -2.48. The molecule has 0 aromatic rings. The van der Waals surface area contributed by atoms with Crippen molar-refractivity contribution in [3.05, 3.63) is 0 Å². The highest BCUT2D eigenvalue weighted by Crippen LogP contribution is 2.09. The van der Waals surface area contributed by atoms with E-state index >= 15 is 0 Å². The molecule has 1 unspecified atom stereocenters. The maximum atomic E-state index is 11.1. The number of amides is 1. The van der Waals surface area contributed by atoms with Gasteiger partial charge in [0.25, 0.3) is 0 Å². The van der Waals surface area contributed by atoms with E-state index in [0.29, 0.717) is 11.5 Å². The predicted octanol–water partition coefficient (Wildman–Crippen LogP) is -1.15. The minimum Gasteiger partial charge on any atom is -0.479 e. The lowest BCUT2D eigenvalue weighted by atomic mass is 10.3. The summed E-state index contributed by atoms with van der Waals surface area (Å²) in [5, 5.41) is 10.7. The number of carboxylic acid groups (broad SMARTS) is 1. The number of hydrogen-bond acceptors (Lipinski definition) is 5. The van der Waals surface area contributed by atoms with Crippen molar-refractivity contribution in [1.82, 2.24) is 5.32 Å². The minimum atomic E-state index is -1.21. The van der Waals surface area contributed by atoms with Gasteiger partial charge in [0.05, 0.1) is 5.75 Å². The summed E-state index contributed by atoms with van der Waals surface area (Å²) in [7, 11) is 0. The van der Waals surface area contributed by atoms with E-state index < -0.39 is 24.6 Å². The van der Waals surface area contributed by atoms with Gasteiger partial charge in [0, 0.05) is 5.75 Å². The summed E-state index contributed by atoms with van der Waals surface area (Å²) in [4.78, 5) is 32.1. The number of aliphatic carboxylic acids is 1. The van der Waals surface area contributed by atoms with E-state index in [-0.39, 0.29) is 5.91 Å². The van der Waals surface area contributed by atoms with Crippen molar-refractivity contribution in [2.75, 3.05) is 18.1 Å². The average molecular weight is 219 g/mol. The highest BCUT2D eigenvalue weighted by atomic mass is 32.2. The number of thioether (sulfide) groups is 1. The van der Waals surface area contributed by atoms with Crippen LogP contribution < -0.4 is 5.32 Å². The van der Waals surface area contributed by atoms with Crippen LogP contribution in [0.3, 0.4) is 0 Å². The molecule has 1 saturated heterocycles. The first-order chi connectivity index (χ1) is 6.59. The zero-order valence-electron chi connectivity index (χ0n) is 7.19. The van der Waals surface area contributed by atoms with Gasteiger partial charge in [-0.1, -0.05) is 0 Å². The Kier molecular flexibility index (Phi) is 3.75. The fourth-order valence-corrected chi connectivity index (χ4v) is 1.75. The second kappa shape index (κ2) is 4.85. The van der Waals surface area contributed by atoms with Crippen LogP contribution in [-0.2, 0) is 19.1 Å². The summed E-state index contributed by atoms with van der Waals surface area (Å²) >= 11 is 1.31. The number of carbonyl (C=O) groups is 3. The van der Waals surface area contributed by atoms with Crippen LogP contribution in [0.4, 0.5) is 0 Å². The molecule has 1 fully saturated rings. The average Bonchev–Trinajstić information content (AvgIpc) is 2.14. The molecule has 2 N–H and O–H groups in total. The SMILES string of the molecule is O=C(O)COC(=O)C1CSCC(=O)N1. The maximum absolute atomic E-state index is 11.1. The quantitative estimate of drug-likeness (QED) is 0.582. The van der Waals surface area contributed by atoms with Crippen molar-refractivity contribution in [3.63, 3.8) is 0 Å². The van der Waals surface area contributed by atoms with E-state index in [9.17, 15) is 14.4 Å². The summed E-state index contributed by atoms with van der Waals surface area (Å²) in [6, 6.07) is -0.722. The molecule has 1 heterocycles. The summed E-state index contributed by atoms with van der Waals surface area (Å²) in [6.45, 7) is -0.671. The molecule has 1 atom stereocenters. The van der Waals surface area contributed by atoms with Crippen molar-refractivity contribution in [2.45, 2.75) is 6.04 Å². The van der Waals surface area contributed by atoms with Crippen molar-refractivity contribution in [3.8, 4) is 0 Å². The van der Waals surface area contributed by atoms with Crippen LogP contribution in [0.2, 0.25) is 0 Å². The topological polar surface area (TPSA) is 92.7 Å². The smallest absolute Gasteiger partial charge is 0.341 e. The maximum Gasteiger partial charge on any atom is 0.341 e. The highest BCUT2D eigenvalue weighted by molar-refractivity contribution is 8.00. The van der Waals surface area contributed by atoms with Crippen LogP contribution in [-0.4, -0.2) is 47.1 Å². The molecule has 6 nitrogen and oxygen atoms in total. The highest BCUT2D eigenvalue weighted by Gasteiger charge is 2.26. The van der Waals surface area contributed by atoms with E-state index in [1.807, 2.05) is 0 Å². The fourth-order valence-electron chi connectivity index (χ4n) is 0.908. The molecular formula is C7H9NO5S. The van der Waals surface area contributed by atoms with Gasteiger partial charge in [-0.3, -0.25) is 4.79 Å². The normalized spacial score (nSPS) is 21.1. The van der Waals surface area contributed by atoms with Gasteiger partial charge in [0.2, 0.25) is 5.91 Å². The molecule has 1 amide bonds. The number of ether oxygens (including phenoxy) is 1. The van der Waals surface area contributed by atoms with Crippen molar-refractivity contribution in [1.29, 1.82) is 0 Å². The Balaban J connectivity index is 2.36. The molecule has 0 aliphatic carbocycles. The van der Waals surface area contributed by atoms with E-state index in [1.54, 1.807) is 0 Å². The molecule has 1 aliphatic heterocycles. The van der Waals surface area contributed by atoms with Crippen molar-refractivity contribution in [2.24, 2.45) is 0 Å². The predicted molar refractivity (Wildman–Crippen MR) is 47.9 cm³/mol. The molecule has 0 spiro atoms. The second-order valence-electron chi connectivity index (χ2n) is 2.64. The molecule has 0 aromatic carbocycles. The zero-order valence-corrected chi connectivity index (χ0v) is 8.00. The Morgan fingerprint density at radius 2 is 2.36 bits per heavy atom. The number of hydrogen-bond donors (Lipinski definition) is 2. The monoisotopic (exact) mass is 219 g/mol. The molecule has 1 aliphatic rings. The lowest BCUT2D eigenvalue weighted by molar-refractivity contribution is -0.156. The van der Waals surface area contributed by atoms with Gasteiger partial charge in [-0.05, 0) is 0 Å². The van der Waals surface area contributed by atoms with Crippen molar-refractivity contribution < 1.29 is 24.2 Å². The Morgan fingerprint density at radius 3 is 2.93 bits per heavy atom. The zero-order chi connectivity index (χ0) is 10.6. The fraction of sp³-hybridized carbons (Fsp3) is 0.571. The third-order valence-electron chi connectivity index (χ3n) is 1.48. The van der Waals surface area contributed by atoms with Gasteiger partial charge < -0.3 is 15.2 Å². The molecule has 14 heavy (non-hydrogen) atoms. The number of rotatable bonds is 3. The van der Waals surface area contributed by atoms with Gasteiger partial charge >= 0.3 is 11.9 Å². The lowest BCUT2D eigenvalue weighted by Gasteiger charge is -2.20. The molecule has 0 bridgehead atoms. The first-order valence-electron chi connectivity index (χ1n) is 3.85. The largest absolute Gasteiger partial charge is 0.479 e. The molecule has 0 radical (unpaired) electrons. The number of carboxylic acids is 1. The molecule has 0 saturated carbocycles. The van der Waals surface area contributed by atoms with Crippen LogP contribution in [0, 0.1) is 0 Å². The van der Waals surface area contributed by atoms with E-state index in [0.717, 1.165) is 0 Å². The van der Waals surface area contributed by atoms with Gasteiger partial charge in [0.15, 0.2) is 6.61 Å². The summed E-state index contributed by atoms with van der Waals surface area (Å²) in [6.07, 6.45) is 0. The third kappa shape index (κ3) is 3.25. The Hall–Kier alpha value is -1.24. The second-order valence-corrected chi connectivity index (χ2v) is 3.67. The first kappa shape index (κ1) is 10.8.